The van der Waals surface area contributed by atoms with Crippen molar-refractivity contribution < 1.29 is 13.2 Å². The third-order valence-corrected chi connectivity index (χ3v) is 5.22. The van der Waals surface area contributed by atoms with Gasteiger partial charge < -0.3 is 5.32 Å². The number of amides is 1. The maximum atomic E-state index is 12.9. The van der Waals surface area contributed by atoms with Gasteiger partial charge in [0.15, 0.2) is 0 Å². The van der Waals surface area contributed by atoms with E-state index in [0.29, 0.717) is 11.4 Å². The van der Waals surface area contributed by atoms with Crippen molar-refractivity contribution in [1.82, 2.24) is 9.36 Å². The summed E-state index contributed by atoms with van der Waals surface area (Å²) in [7, 11) is -1.78. The number of para-hydroxylation sites is 1. The second kappa shape index (κ2) is 7.76. The van der Waals surface area contributed by atoms with Crippen molar-refractivity contribution in [3.05, 3.63) is 75.2 Å². The zero-order valence-electron chi connectivity index (χ0n) is 15.9. The molecule has 0 saturated carbocycles. The number of carbonyl (C=O) groups excluding carboxylic acids is 1. The topological polar surface area (TPSA) is 102 Å². The first-order valence-electron chi connectivity index (χ1n) is 8.51. The van der Waals surface area contributed by atoms with Gasteiger partial charge >= 0.3 is 0 Å². The summed E-state index contributed by atoms with van der Waals surface area (Å²) in [5, 5.41) is 2.69. The van der Waals surface area contributed by atoms with Crippen LogP contribution in [0.2, 0.25) is 5.02 Å². The fourth-order valence-corrected chi connectivity index (χ4v) is 3.70. The van der Waals surface area contributed by atoms with Crippen LogP contribution >= 0.6 is 11.6 Å². The lowest BCUT2D eigenvalue weighted by Crippen LogP contribution is -2.23. The highest BCUT2D eigenvalue weighted by Crippen LogP contribution is 2.24. The summed E-state index contributed by atoms with van der Waals surface area (Å²) < 4.78 is 28.1. The van der Waals surface area contributed by atoms with Gasteiger partial charge in [-0.05, 0) is 37.3 Å². The highest BCUT2D eigenvalue weighted by atomic mass is 35.5. The molecule has 1 amide bonds. The molecule has 1 aromatic heterocycles. The molecule has 0 atom stereocenters. The van der Waals surface area contributed by atoms with Crippen molar-refractivity contribution >= 4 is 38.9 Å². The molecule has 3 aromatic rings. The Morgan fingerprint density at radius 2 is 1.76 bits per heavy atom. The van der Waals surface area contributed by atoms with Crippen molar-refractivity contribution in [3.63, 3.8) is 0 Å². The molecule has 2 N–H and O–H groups in total. The van der Waals surface area contributed by atoms with Gasteiger partial charge in [0.05, 0.1) is 28.3 Å². The van der Waals surface area contributed by atoms with Gasteiger partial charge in [-0.3, -0.25) is 19.0 Å². The van der Waals surface area contributed by atoms with Gasteiger partial charge in [0.25, 0.3) is 11.5 Å². The highest BCUT2D eigenvalue weighted by Gasteiger charge is 2.19. The van der Waals surface area contributed by atoms with Crippen LogP contribution in [0.1, 0.15) is 16.1 Å². The molecule has 3 rings (SSSR count). The van der Waals surface area contributed by atoms with Gasteiger partial charge in [0.2, 0.25) is 10.0 Å². The largest absolute Gasteiger partial charge is 0.316 e. The monoisotopic (exact) mass is 434 g/mol. The standard InChI is InChI=1S/C19H19ClN4O4S/c1-12-17(19(26)24(23(12)2)14-7-5-4-6-8-14)21-18(25)13-9-10-16(15(20)11-13)22-29(3,27)28/h4-11,22H,1-3H3,(H,21,25). The Morgan fingerprint density at radius 3 is 2.34 bits per heavy atom. The second-order valence-corrected chi connectivity index (χ2v) is 8.62. The third-order valence-electron chi connectivity index (χ3n) is 4.32. The van der Waals surface area contributed by atoms with Crippen LogP contribution in [0.5, 0.6) is 0 Å². The Labute approximate surface area is 172 Å². The van der Waals surface area contributed by atoms with E-state index in [4.69, 9.17) is 11.6 Å². The van der Waals surface area contributed by atoms with E-state index < -0.39 is 15.9 Å². The first-order valence-corrected chi connectivity index (χ1v) is 10.8. The first-order chi connectivity index (χ1) is 13.6. The average molecular weight is 435 g/mol. The van der Waals surface area contributed by atoms with Crippen LogP contribution in [0.3, 0.4) is 0 Å². The lowest BCUT2D eigenvalue weighted by molar-refractivity contribution is 0.102. The van der Waals surface area contributed by atoms with Crippen LogP contribution < -0.4 is 15.6 Å². The zero-order valence-corrected chi connectivity index (χ0v) is 17.5. The summed E-state index contributed by atoms with van der Waals surface area (Å²) in [5.74, 6) is -0.538. The van der Waals surface area contributed by atoms with Crippen LogP contribution in [0.4, 0.5) is 11.4 Å². The van der Waals surface area contributed by atoms with Crippen molar-refractivity contribution in [2.45, 2.75) is 6.92 Å². The van der Waals surface area contributed by atoms with Gasteiger partial charge in [-0.15, -0.1) is 0 Å². The van der Waals surface area contributed by atoms with E-state index in [-0.39, 0.29) is 27.5 Å². The van der Waals surface area contributed by atoms with E-state index in [2.05, 4.69) is 10.0 Å². The molecule has 29 heavy (non-hydrogen) atoms. The number of rotatable bonds is 5. The number of nitrogens with zero attached hydrogens (tertiary/aromatic N) is 2. The zero-order chi connectivity index (χ0) is 21.3. The lowest BCUT2D eigenvalue weighted by atomic mass is 10.2. The maximum Gasteiger partial charge on any atom is 0.295 e. The predicted molar refractivity (Wildman–Crippen MR) is 114 cm³/mol. The Bertz CT molecular complexity index is 1250. The first kappa shape index (κ1) is 20.7. The van der Waals surface area contributed by atoms with E-state index >= 15 is 0 Å². The van der Waals surface area contributed by atoms with Crippen molar-refractivity contribution in [1.29, 1.82) is 0 Å². The summed E-state index contributed by atoms with van der Waals surface area (Å²) in [5.41, 5.74) is 1.37. The fraction of sp³-hybridized carbons (Fsp3) is 0.158. The van der Waals surface area contributed by atoms with E-state index in [1.165, 1.54) is 22.9 Å². The minimum Gasteiger partial charge on any atom is -0.316 e. The second-order valence-electron chi connectivity index (χ2n) is 6.46. The number of aromatic nitrogens is 2. The summed E-state index contributed by atoms with van der Waals surface area (Å²) in [6.07, 6.45) is 1.000. The van der Waals surface area contributed by atoms with Gasteiger partial charge in [0.1, 0.15) is 5.69 Å². The van der Waals surface area contributed by atoms with Gasteiger partial charge in [-0.2, -0.15) is 0 Å². The van der Waals surface area contributed by atoms with Crippen LogP contribution in [0, 0.1) is 6.92 Å². The molecule has 152 valence electrons. The SMILES string of the molecule is Cc1c(NC(=O)c2ccc(NS(C)(=O)=O)c(Cl)c2)c(=O)n(-c2ccccc2)n1C. The molecule has 0 aliphatic carbocycles. The Hall–Kier alpha value is -3.04. The molecule has 0 fully saturated rings. The Balaban J connectivity index is 1.92. The molecule has 0 saturated heterocycles. The minimum atomic E-state index is -3.50. The van der Waals surface area contributed by atoms with E-state index in [1.54, 1.807) is 30.8 Å². The van der Waals surface area contributed by atoms with Crippen molar-refractivity contribution in [3.8, 4) is 5.69 Å². The van der Waals surface area contributed by atoms with E-state index in [1.807, 2.05) is 18.2 Å². The number of carbonyl (C=O) groups is 1. The van der Waals surface area contributed by atoms with Gasteiger partial charge in [0, 0.05) is 12.6 Å². The predicted octanol–water partition coefficient (Wildman–Crippen LogP) is 2.76. The summed E-state index contributed by atoms with van der Waals surface area (Å²) in [6, 6.07) is 13.2. The maximum absolute atomic E-state index is 12.9. The third kappa shape index (κ3) is 4.36. The number of anilines is 2. The molecule has 0 aliphatic rings. The molecule has 0 bridgehead atoms. The van der Waals surface area contributed by atoms with Crippen LogP contribution in [-0.4, -0.2) is 29.9 Å². The molecule has 1 heterocycles. The molecular formula is C19H19ClN4O4S. The number of nitrogens with one attached hydrogen (secondary N) is 2. The molecule has 2 aromatic carbocycles. The number of benzene rings is 2. The normalized spacial score (nSPS) is 11.3. The molecule has 8 nitrogen and oxygen atoms in total. The summed E-state index contributed by atoms with van der Waals surface area (Å²) in [4.78, 5) is 25.5. The van der Waals surface area contributed by atoms with Gasteiger partial charge in [-0.1, -0.05) is 29.8 Å². The van der Waals surface area contributed by atoms with E-state index in [9.17, 15) is 18.0 Å². The van der Waals surface area contributed by atoms with E-state index in [0.717, 1.165) is 6.26 Å². The average Bonchev–Trinajstić information content (AvgIpc) is 2.86. The lowest BCUT2D eigenvalue weighted by Gasteiger charge is -2.09. The number of hydrogen-bond acceptors (Lipinski definition) is 4. The molecule has 0 spiro atoms. The highest BCUT2D eigenvalue weighted by molar-refractivity contribution is 7.92. The van der Waals surface area contributed by atoms with Crippen LogP contribution in [-0.2, 0) is 17.1 Å². The molecule has 0 unspecified atom stereocenters. The molecule has 0 aliphatic heterocycles. The molecule has 0 radical (unpaired) electrons. The summed E-state index contributed by atoms with van der Waals surface area (Å²) in [6.45, 7) is 1.72. The van der Waals surface area contributed by atoms with Crippen LogP contribution in [0.15, 0.2) is 53.3 Å². The fourth-order valence-electron chi connectivity index (χ4n) is 2.84. The number of halogens is 1. The number of hydrogen-bond donors (Lipinski definition) is 2. The van der Waals surface area contributed by atoms with Crippen LogP contribution in [0.25, 0.3) is 5.69 Å². The Kier molecular flexibility index (Phi) is 5.54. The van der Waals surface area contributed by atoms with Crippen molar-refractivity contribution in [2.75, 3.05) is 16.3 Å². The minimum absolute atomic E-state index is 0.0644. The Morgan fingerprint density at radius 1 is 1.10 bits per heavy atom. The molecular weight excluding hydrogens is 416 g/mol. The number of sulfonamides is 1. The smallest absolute Gasteiger partial charge is 0.295 e. The molecule has 10 heteroatoms. The van der Waals surface area contributed by atoms with Gasteiger partial charge in [-0.25, -0.2) is 13.1 Å². The summed E-state index contributed by atoms with van der Waals surface area (Å²) >= 11 is 6.08. The quantitative estimate of drug-likeness (QED) is 0.644. The van der Waals surface area contributed by atoms with Crippen molar-refractivity contribution in [2.24, 2.45) is 7.05 Å².